The van der Waals surface area contributed by atoms with Gasteiger partial charge in [0.05, 0.1) is 23.8 Å². The monoisotopic (exact) mass is 330 g/mol. The number of anilines is 1. The van der Waals surface area contributed by atoms with Crippen molar-refractivity contribution in [2.45, 2.75) is 30.8 Å². The molecular weight excluding hydrogens is 309 g/mol. The topological polar surface area (TPSA) is 49.4 Å². The Bertz CT molecular complexity index is 540. The van der Waals surface area contributed by atoms with Crippen molar-refractivity contribution in [3.63, 3.8) is 0 Å². The number of piperazine rings is 1. The molecule has 1 aromatic rings. The summed E-state index contributed by atoms with van der Waals surface area (Å²) in [6.45, 7) is 2.88. The molecule has 3 rings (SSSR count). The third-order valence-electron chi connectivity index (χ3n) is 4.58. The van der Waals surface area contributed by atoms with Crippen molar-refractivity contribution in [3.8, 4) is 0 Å². The van der Waals surface area contributed by atoms with Crippen LogP contribution in [0.25, 0.3) is 0 Å². The highest BCUT2D eigenvalue weighted by Crippen LogP contribution is 2.32. The number of rotatable bonds is 3. The van der Waals surface area contributed by atoms with E-state index in [1.54, 1.807) is 7.11 Å². The molecule has 8 heteroatoms. The van der Waals surface area contributed by atoms with Gasteiger partial charge in [-0.25, -0.2) is 4.98 Å². The number of nitrogens with zero attached hydrogens (tertiary/aromatic N) is 2. The second-order valence-corrected chi connectivity index (χ2v) is 5.91. The minimum atomic E-state index is -4.36. The lowest BCUT2D eigenvalue weighted by atomic mass is 10.00. The van der Waals surface area contributed by atoms with Gasteiger partial charge in [0.1, 0.15) is 5.82 Å². The first-order valence-electron chi connectivity index (χ1n) is 7.77. The van der Waals surface area contributed by atoms with Gasteiger partial charge >= 0.3 is 6.18 Å². The maximum atomic E-state index is 13.0. The van der Waals surface area contributed by atoms with E-state index >= 15 is 0 Å². The Kier molecular flexibility index (Phi) is 4.74. The van der Waals surface area contributed by atoms with E-state index in [9.17, 15) is 13.2 Å². The lowest BCUT2D eigenvalue weighted by Crippen LogP contribution is -2.61. The number of ether oxygens (including phenoxy) is 1. The molecule has 3 atom stereocenters. The number of hydrogen-bond acceptors (Lipinski definition) is 5. The second kappa shape index (κ2) is 6.62. The normalized spacial score (nSPS) is 29.0. The summed E-state index contributed by atoms with van der Waals surface area (Å²) in [5.41, 5.74) is -0.664. The summed E-state index contributed by atoms with van der Waals surface area (Å²) in [5, 5.41) is 6.73. The zero-order valence-corrected chi connectivity index (χ0v) is 12.9. The third-order valence-corrected chi connectivity index (χ3v) is 4.58. The number of nitrogens with one attached hydrogen (secondary N) is 2. The van der Waals surface area contributed by atoms with Crippen LogP contribution in [0.15, 0.2) is 18.3 Å². The van der Waals surface area contributed by atoms with E-state index in [0.717, 1.165) is 31.6 Å². The Morgan fingerprint density at radius 2 is 2.17 bits per heavy atom. The van der Waals surface area contributed by atoms with Crippen molar-refractivity contribution in [3.05, 3.63) is 23.9 Å². The van der Waals surface area contributed by atoms with Crippen LogP contribution in [0.3, 0.4) is 0 Å². The van der Waals surface area contributed by atoms with Gasteiger partial charge in [0.25, 0.3) is 0 Å². The zero-order valence-electron chi connectivity index (χ0n) is 12.9. The van der Waals surface area contributed by atoms with Gasteiger partial charge in [-0.15, -0.1) is 0 Å². The Labute approximate surface area is 133 Å². The average molecular weight is 330 g/mol. The largest absolute Gasteiger partial charge is 0.416 e. The molecule has 3 heterocycles. The van der Waals surface area contributed by atoms with Gasteiger partial charge in [0, 0.05) is 32.9 Å². The summed E-state index contributed by atoms with van der Waals surface area (Å²) >= 11 is 0. The van der Waals surface area contributed by atoms with Crippen LogP contribution in [0.1, 0.15) is 12.0 Å². The molecular formula is C15H21F3N4O. The third kappa shape index (κ3) is 3.44. The fourth-order valence-electron chi connectivity index (χ4n) is 3.43. The van der Waals surface area contributed by atoms with Crippen LogP contribution < -0.4 is 15.5 Å². The molecule has 0 bridgehead atoms. The molecule has 2 saturated heterocycles. The van der Waals surface area contributed by atoms with Crippen LogP contribution >= 0.6 is 0 Å². The maximum absolute atomic E-state index is 13.0. The average Bonchev–Trinajstić information content (AvgIpc) is 3.02. The summed E-state index contributed by atoms with van der Waals surface area (Å²) < 4.78 is 44.4. The number of pyridine rings is 1. The minimum absolute atomic E-state index is 0.00665. The van der Waals surface area contributed by atoms with E-state index in [4.69, 9.17) is 4.74 Å². The molecule has 0 radical (unpaired) electrons. The van der Waals surface area contributed by atoms with E-state index in [2.05, 4.69) is 15.6 Å². The molecule has 2 unspecified atom stereocenters. The van der Waals surface area contributed by atoms with Gasteiger partial charge in [-0.3, -0.25) is 0 Å². The first kappa shape index (κ1) is 16.5. The van der Waals surface area contributed by atoms with Crippen molar-refractivity contribution in [2.24, 2.45) is 0 Å². The van der Waals surface area contributed by atoms with Gasteiger partial charge in [0.15, 0.2) is 0 Å². The Balaban J connectivity index is 1.87. The standard InChI is InChI=1S/C15H21F3N4O/c1-23-12-3-5-21-14(12)11-9-19-6-7-22(11)13-8-10(2-4-20-13)15(16,17)18/h2,4,8,11-12,14,19,21H,3,5-7,9H2,1H3/t11?,12-,14?/m1/s1. The molecule has 5 nitrogen and oxygen atoms in total. The fraction of sp³-hybridized carbons (Fsp3) is 0.667. The molecule has 2 aliphatic heterocycles. The molecule has 0 spiro atoms. The van der Waals surface area contributed by atoms with Gasteiger partial charge in [-0.2, -0.15) is 13.2 Å². The van der Waals surface area contributed by atoms with Gasteiger partial charge in [-0.05, 0) is 25.1 Å². The van der Waals surface area contributed by atoms with Crippen molar-refractivity contribution in [2.75, 3.05) is 38.2 Å². The van der Waals surface area contributed by atoms with E-state index in [1.165, 1.54) is 6.20 Å². The van der Waals surface area contributed by atoms with Crippen LogP contribution in [0.2, 0.25) is 0 Å². The number of aromatic nitrogens is 1. The molecule has 0 aliphatic carbocycles. The predicted octanol–water partition coefficient (Wildman–Crippen LogP) is 1.26. The summed E-state index contributed by atoms with van der Waals surface area (Å²) in [6.07, 6.45) is -2.16. The summed E-state index contributed by atoms with van der Waals surface area (Å²) in [7, 11) is 1.67. The van der Waals surface area contributed by atoms with Crippen LogP contribution in [0.5, 0.6) is 0 Å². The van der Waals surface area contributed by atoms with E-state index in [1.807, 2.05) is 4.90 Å². The number of alkyl halides is 3. The maximum Gasteiger partial charge on any atom is 0.416 e. The number of halogens is 3. The molecule has 0 aromatic carbocycles. The summed E-state index contributed by atoms with van der Waals surface area (Å²) in [4.78, 5) is 6.14. The van der Waals surface area contributed by atoms with Crippen molar-refractivity contribution < 1.29 is 17.9 Å². The quantitative estimate of drug-likeness (QED) is 0.874. The smallest absolute Gasteiger partial charge is 0.380 e. The lowest BCUT2D eigenvalue weighted by Gasteiger charge is -2.42. The zero-order chi connectivity index (χ0) is 16.4. The highest BCUT2D eigenvalue weighted by Gasteiger charge is 2.39. The molecule has 2 fully saturated rings. The molecule has 0 saturated carbocycles. The van der Waals surface area contributed by atoms with Gasteiger partial charge in [-0.1, -0.05) is 0 Å². The molecule has 0 amide bonds. The predicted molar refractivity (Wildman–Crippen MR) is 80.4 cm³/mol. The first-order valence-corrected chi connectivity index (χ1v) is 7.77. The van der Waals surface area contributed by atoms with Crippen LogP contribution in [0.4, 0.5) is 19.0 Å². The molecule has 2 N–H and O–H groups in total. The number of hydrogen-bond donors (Lipinski definition) is 2. The van der Waals surface area contributed by atoms with Crippen LogP contribution in [0, 0.1) is 0 Å². The highest BCUT2D eigenvalue weighted by molar-refractivity contribution is 5.44. The minimum Gasteiger partial charge on any atom is -0.380 e. The molecule has 128 valence electrons. The lowest BCUT2D eigenvalue weighted by molar-refractivity contribution is -0.137. The Morgan fingerprint density at radius 1 is 1.35 bits per heavy atom. The Morgan fingerprint density at radius 3 is 2.91 bits per heavy atom. The molecule has 23 heavy (non-hydrogen) atoms. The van der Waals surface area contributed by atoms with E-state index in [-0.39, 0.29) is 18.2 Å². The van der Waals surface area contributed by atoms with E-state index < -0.39 is 11.7 Å². The van der Waals surface area contributed by atoms with Crippen LogP contribution in [-0.4, -0.2) is 56.5 Å². The van der Waals surface area contributed by atoms with Crippen molar-refractivity contribution >= 4 is 5.82 Å². The van der Waals surface area contributed by atoms with Gasteiger partial charge in [0.2, 0.25) is 0 Å². The SMILES string of the molecule is CO[C@@H]1CCNC1C1CNCCN1c1cc(C(F)(F)F)ccn1. The second-order valence-electron chi connectivity index (χ2n) is 5.91. The first-order chi connectivity index (χ1) is 11.0. The fourth-order valence-corrected chi connectivity index (χ4v) is 3.43. The number of methoxy groups -OCH3 is 1. The molecule has 2 aliphatic rings. The van der Waals surface area contributed by atoms with Crippen molar-refractivity contribution in [1.29, 1.82) is 0 Å². The van der Waals surface area contributed by atoms with E-state index in [0.29, 0.717) is 18.9 Å². The summed E-state index contributed by atoms with van der Waals surface area (Å²) in [6, 6.07) is 2.22. The summed E-state index contributed by atoms with van der Waals surface area (Å²) in [5.74, 6) is 0.370. The van der Waals surface area contributed by atoms with Crippen LogP contribution in [-0.2, 0) is 10.9 Å². The van der Waals surface area contributed by atoms with Crippen molar-refractivity contribution in [1.82, 2.24) is 15.6 Å². The highest BCUT2D eigenvalue weighted by atomic mass is 19.4. The molecule has 1 aromatic heterocycles. The van der Waals surface area contributed by atoms with Gasteiger partial charge < -0.3 is 20.3 Å². The Hall–Kier alpha value is -1.38.